The molecule has 0 saturated carbocycles. The largest absolute Gasteiger partial charge is 0.480 e. The van der Waals surface area contributed by atoms with Crippen LogP contribution in [0.4, 0.5) is 13.6 Å². The van der Waals surface area contributed by atoms with E-state index in [0.29, 0.717) is 17.7 Å². The molecular formula is C29H28ClF2NO3. The van der Waals surface area contributed by atoms with Crippen LogP contribution in [-0.4, -0.2) is 36.4 Å². The number of halogens is 3. The van der Waals surface area contributed by atoms with Gasteiger partial charge in [-0.3, -0.25) is 4.90 Å². The first kappa shape index (κ1) is 24.6. The summed E-state index contributed by atoms with van der Waals surface area (Å²) in [4.78, 5) is 14.5. The number of rotatable bonds is 6. The molecule has 7 heteroatoms. The molecule has 2 aliphatic rings. The molecule has 0 bridgehead atoms. The highest BCUT2D eigenvalue weighted by molar-refractivity contribution is 6.33. The summed E-state index contributed by atoms with van der Waals surface area (Å²) < 4.78 is 42.0. The minimum atomic E-state index is -1.23. The molecule has 0 radical (unpaired) electrons. The summed E-state index contributed by atoms with van der Waals surface area (Å²) in [5.41, 5.74) is 1.70. The maximum Gasteiger partial charge on any atom is 0.410 e. The van der Waals surface area contributed by atoms with Gasteiger partial charge in [-0.15, -0.1) is 0 Å². The number of ether oxygens (including phenoxy) is 2. The van der Waals surface area contributed by atoms with Crippen molar-refractivity contribution in [3.63, 3.8) is 0 Å². The maximum atomic E-state index is 15.0. The minimum Gasteiger partial charge on any atom is -0.480 e. The third-order valence-electron chi connectivity index (χ3n) is 7.09. The van der Waals surface area contributed by atoms with E-state index in [9.17, 15) is 9.18 Å². The quantitative estimate of drug-likeness (QED) is 0.325. The average Bonchev–Trinajstić information content (AvgIpc) is 3.47. The Morgan fingerprint density at radius 3 is 2.56 bits per heavy atom. The van der Waals surface area contributed by atoms with Crippen molar-refractivity contribution >= 4 is 17.7 Å². The van der Waals surface area contributed by atoms with Crippen LogP contribution in [0, 0.1) is 5.82 Å². The van der Waals surface area contributed by atoms with Gasteiger partial charge in [-0.25, -0.2) is 13.6 Å². The van der Waals surface area contributed by atoms with E-state index in [1.165, 1.54) is 11.0 Å². The molecular weight excluding hydrogens is 484 g/mol. The first-order chi connectivity index (χ1) is 17.4. The highest BCUT2D eigenvalue weighted by Gasteiger charge is 2.56. The molecule has 1 fully saturated rings. The molecule has 1 saturated heterocycles. The van der Waals surface area contributed by atoms with Gasteiger partial charge in [-0.2, -0.15) is 0 Å². The summed E-state index contributed by atoms with van der Waals surface area (Å²) in [5.74, 6) is -0.245. The Hall–Kier alpha value is -3.12. The average molecular weight is 512 g/mol. The van der Waals surface area contributed by atoms with Gasteiger partial charge in [0.15, 0.2) is 5.60 Å². The fourth-order valence-electron chi connectivity index (χ4n) is 5.38. The lowest BCUT2D eigenvalue weighted by molar-refractivity contribution is -0.000317. The van der Waals surface area contributed by atoms with Crippen LogP contribution in [0.1, 0.15) is 37.3 Å². The molecule has 36 heavy (non-hydrogen) atoms. The van der Waals surface area contributed by atoms with Gasteiger partial charge in [0, 0.05) is 30.0 Å². The van der Waals surface area contributed by atoms with Crippen molar-refractivity contribution in [1.29, 1.82) is 0 Å². The summed E-state index contributed by atoms with van der Waals surface area (Å²) in [5, 5.41) is 0.0121. The number of carbonyl (C=O) groups is 1. The fraction of sp³-hybridized carbons (Fsp3) is 0.345. The van der Waals surface area contributed by atoms with E-state index in [1.54, 1.807) is 0 Å². The first-order valence-corrected chi connectivity index (χ1v) is 12.7. The normalized spacial score (nSPS) is 22.8. The lowest BCUT2D eigenvalue weighted by Gasteiger charge is -2.39. The zero-order chi connectivity index (χ0) is 25.3. The van der Waals surface area contributed by atoms with Crippen molar-refractivity contribution in [2.24, 2.45) is 0 Å². The number of amides is 1. The van der Waals surface area contributed by atoms with Gasteiger partial charge in [-0.05, 0) is 17.5 Å². The molecule has 4 nitrogen and oxygen atoms in total. The van der Waals surface area contributed by atoms with Crippen LogP contribution in [0.5, 0.6) is 5.75 Å². The minimum absolute atomic E-state index is 0.0121. The fourth-order valence-corrected chi connectivity index (χ4v) is 5.66. The van der Waals surface area contributed by atoms with Gasteiger partial charge >= 0.3 is 6.09 Å². The van der Waals surface area contributed by atoms with Gasteiger partial charge < -0.3 is 9.47 Å². The van der Waals surface area contributed by atoms with Crippen molar-refractivity contribution in [3.8, 4) is 16.9 Å². The Morgan fingerprint density at radius 2 is 1.86 bits per heavy atom. The summed E-state index contributed by atoms with van der Waals surface area (Å²) in [7, 11) is 0. The number of unbranched alkanes of at least 4 members (excludes halogenated alkanes) is 1. The van der Waals surface area contributed by atoms with Gasteiger partial charge in [0.05, 0.1) is 24.2 Å². The smallest absolute Gasteiger partial charge is 0.410 e. The van der Waals surface area contributed by atoms with E-state index in [0.717, 1.165) is 29.5 Å². The second-order valence-electron chi connectivity index (χ2n) is 9.39. The molecule has 5 rings (SSSR count). The topological polar surface area (TPSA) is 38.8 Å². The summed E-state index contributed by atoms with van der Waals surface area (Å²) in [6.45, 7) is 2.20. The molecule has 2 aliphatic heterocycles. The molecule has 0 spiro atoms. The van der Waals surface area contributed by atoms with Crippen LogP contribution < -0.4 is 4.74 Å². The predicted octanol–water partition coefficient (Wildman–Crippen LogP) is 7.33. The van der Waals surface area contributed by atoms with Crippen LogP contribution in [0.3, 0.4) is 0 Å². The molecule has 3 aromatic carbocycles. The highest BCUT2D eigenvalue weighted by atomic mass is 35.5. The zero-order valence-electron chi connectivity index (χ0n) is 20.1. The van der Waals surface area contributed by atoms with Gasteiger partial charge in [0.2, 0.25) is 0 Å². The lowest BCUT2D eigenvalue weighted by Crippen LogP contribution is -2.52. The Balaban J connectivity index is 1.62. The molecule has 1 amide bonds. The van der Waals surface area contributed by atoms with Crippen molar-refractivity contribution in [1.82, 2.24) is 4.90 Å². The van der Waals surface area contributed by atoms with Crippen LogP contribution in [0.25, 0.3) is 11.1 Å². The van der Waals surface area contributed by atoms with E-state index in [-0.39, 0.29) is 24.6 Å². The second kappa shape index (κ2) is 10.1. The standard InChI is InChI=1S/C29H28ClF2NO3/c1-2-3-14-35-28(34)33-18-21(31)15-25(33)29(20-12-8-5-9-13-20)17-22-24(36-29)16-23(32)27(30)26(22)19-10-6-4-7-11-19/h4-13,16,21,25H,2-3,14-15,17-18H2,1H3/t21-,25+,29+/m1/s1. The van der Waals surface area contributed by atoms with Crippen molar-refractivity contribution < 1.29 is 23.0 Å². The number of hydrogen-bond acceptors (Lipinski definition) is 3. The van der Waals surface area contributed by atoms with Gasteiger partial charge in [0.1, 0.15) is 17.7 Å². The van der Waals surface area contributed by atoms with E-state index >= 15 is 4.39 Å². The molecule has 0 unspecified atom stereocenters. The van der Waals surface area contributed by atoms with Crippen molar-refractivity contribution in [2.45, 2.75) is 50.4 Å². The Kier molecular flexibility index (Phi) is 6.89. The Labute approximate surface area is 214 Å². The van der Waals surface area contributed by atoms with E-state index in [1.807, 2.05) is 67.6 Å². The predicted molar refractivity (Wildman–Crippen MR) is 136 cm³/mol. The lowest BCUT2D eigenvalue weighted by atomic mass is 9.80. The number of nitrogens with zero attached hydrogens (tertiary/aromatic N) is 1. The SMILES string of the molecule is CCCCOC(=O)N1C[C@H](F)C[C@H]1[C@@]1(c2ccccc2)Cc2c(cc(F)c(Cl)c2-c2ccccc2)O1. The number of carbonyl (C=O) groups excluding carboxylic acids is 1. The molecule has 0 aromatic heterocycles. The maximum absolute atomic E-state index is 15.0. The van der Waals surface area contributed by atoms with Crippen LogP contribution >= 0.6 is 11.6 Å². The molecule has 2 heterocycles. The second-order valence-corrected chi connectivity index (χ2v) is 9.77. The summed E-state index contributed by atoms with van der Waals surface area (Å²) in [6, 6.07) is 19.4. The highest BCUT2D eigenvalue weighted by Crippen LogP contribution is 2.52. The third kappa shape index (κ3) is 4.32. The van der Waals surface area contributed by atoms with Crippen molar-refractivity contribution in [3.05, 3.63) is 88.7 Å². The number of fused-ring (bicyclic) bond motifs is 1. The monoisotopic (exact) mass is 511 g/mol. The number of benzene rings is 3. The zero-order valence-corrected chi connectivity index (χ0v) is 20.8. The van der Waals surface area contributed by atoms with Crippen LogP contribution in [0.15, 0.2) is 66.7 Å². The van der Waals surface area contributed by atoms with Gasteiger partial charge in [0.25, 0.3) is 0 Å². The van der Waals surface area contributed by atoms with Gasteiger partial charge in [-0.1, -0.05) is 85.6 Å². The van der Waals surface area contributed by atoms with E-state index in [4.69, 9.17) is 21.1 Å². The number of hydrogen-bond donors (Lipinski definition) is 0. The van der Waals surface area contributed by atoms with Crippen molar-refractivity contribution in [2.75, 3.05) is 13.2 Å². The summed E-state index contributed by atoms with van der Waals surface area (Å²) in [6.07, 6.45) is 0.206. The Bertz CT molecular complexity index is 1240. The van der Waals surface area contributed by atoms with Crippen LogP contribution in [0.2, 0.25) is 5.02 Å². The molecule has 3 atom stereocenters. The molecule has 0 aliphatic carbocycles. The molecule has 188 valence electrons. The number of alkyl halides is 1. The van der Waals surface area contributed by atoms with Crippen LogP contribution in [-0.2, 0) is 16.8 Å². The van der Waals surface area contributed by atoms with E-state index < -0.39 is 29.7 Å². The summed E-state index contributed by atoms with van der Waals surface area (Å²) >= 11 is 6.51. The Morgan fingerprint density at radius 1 is 1.17 bits per heavy atom. The van der Waals surface area contributed by atoms with E-state index in [2.05, 4.69) is 0 Å². The first-order valence-electron chi connectivity index (χ1n) is 12.3. The number of likely N-dealkylation sites (tertiary alicyclic amines) is 1. The molecule has 0 N–H and O–H groups in total. The third-order valence-corrected chi connectivity index (χ3v) is 7.46. The molecule has 3 aromatic rings.